The maximum absolute atomic E-state index is 12.6. The summed E-state index contributed by atoms with van der Waals surface area (Å²) in [5, 5.41) is 13.0. The molecule has 3 aromatic rings. The van der Waals surface area contributed by atoms with Gasteiger partial charge in [0, 0.05) is 36.7 Å². The molecule has 150 valence electrons. The highest BCUT2D eigenvalue weighted by Crippen LogP contribution is 2.33. The van der Waals surface area contributed by atoms with Crippen LogP contribution in [-0.2, 0) is 6.42 Å². The van der Waals surface area contributed by atoms with Crippen LogP contribution in [0.1, 0.15) is 29.8 Å². The van der Waals surface area contributed by atoms with Gasteiger partial charge in [-0.2, -0.15) is 4.98 Å². The second-order valence-corrected chi connectivity index (χ2v) is 8.31. The second kappa shape index (κ2) is 6.49. The van der Waals surface area contributed by atoms with Crippen molar-refractivity contribution in [2.24, 2.45) is 5.92 Å². The summed E-state index contributed by atoms with van der Waals surface area (Å²) in [5.41, 5.74) is 2.98. The van der Waals surface area contributed by atoms with E-state index in [1.54, 1.807) is 12.1 Å². The molecule has 2 aliphatic heterocycles. The van der Waals surface area contributed by atoms with Gasteiger partial charge >= 0.3 is 0 Å². The minimum Gasteiger partial charge on any atom is -0.493 e. The lowest BCUT2D eigenvalue weighted by Gasteiger charge is -2.44. The first-order valence-corrected chi connectivity index (χ1v) is 9.82. The average Bonchev–Trinajstić information content (AvgIpc) is 3.24. The molecular formula is C22H23N3O4. The summed E-state index contributed by atoms with van der Waals surface area (Å²) in [6, 6.07) is 11.5. The summed E-state index contributed by atoms with van der Waals surface area (Å²) >= 11 is 0. The zero-order valence-corrected chi connectivity index (χ0v) is 16.4. The molecule has 29 heavy (non-hydrogen) atoms. The molecular weight excluding hydrogens is 370 g/mol. The normalized spacial score (nSPS) is 16.4. The Kier molecular flexibility index (Phi) is 4.03. The SMILES string of the molecule is CC(C)(O)C1CN(c2nc3cc(NC(=O)c4ccc5c(c4)CCO5)ccc3o2)C1. The maximum atomic E-state index is 12.6. The van der Waals surface area contributed by atoms with E-state index in [4.69, 9.17) is 9.15 Å². The number of ether oxygens (including phenoxy) is 1. The molecule has 2 aromatic carbocycles. The Morgan fingerprint density at radius 1 is 1.24 bits per heavy atom. The van der Waals surface area contributed by atoms with Gasteiger partial charge in [0.1, 0.15) is 11.3 Å². The topological polar surface area (TPSA) is 87.8 Å². The molecule has 0 bridgehead atoms. The van der Waals surface area contributed by atoms with Crippen molar-refractivity contribution in [1.82, 2.24) is 4.98 Å². The Hall–Kier alpha value is -3.06. The van der Waals surface area contributed by atoms with Crippen molar-refractivity contribution in [3.63, 3.8) is 0 Å². The predicted octanol–water partition coefficient (Wildman–Crippen LogP) is 3.22. The number of benzene rings is 2. The zero-order valence-electron chi connectivity index (χ0n) is 16.4. The highest BCUT2D eigenvalue weighted by Gasteiger charge is 2.39. The number of hydrogen-bond acceptors (Lipinski definition) is 6. The zero-order chi connectivity index (χ0) is 20.2. The first-order valence-electron chi connectivity index (χ1n) is 9.82. The molecule has 1 fully saturated rings. The van der Waals surface area contributed by atoms with E-state index < -0.39 is 5.60 Å². The van der Waals surface area contributed by atoms with Gasteiger partial charge < -0.3 is 24.5 Å². The lowest BCUT2D eigenvalue weighted by Crippen LogP contribution is -2.56. The molecule has 0 aliphatic carbocycles. The van der Waals surface area contributed by atoms with Crippen molar-refractivity contribution < 1.29 is 19.1 Å². The molecule has 5 rings (SSSR count). The highest BCUT2D eigenvalue weighted by molar-refractivity contribution is 6.05. The molecule has 0 unspecified atom stereocenters. The summed E-state index contributed by atoms with van der Waals surface area (Å²) in [4.78, 5) is 19.2. The van der Waals surface area contributed by atoms with E-state index in [9.17, 15) is 9.90 Å². The summed E-state index contributed by atoms with van der Waals surface area (Å²) in [7, 11) is 0. The molecule has 3 heterocycles. The van der Waals surface area contributed by atoms with Crippen LogP contribution in [0.5, 0.6) is 5.75 Å². The van der Waals surface area contributed by atoms with Crippen LogP contribution in [0, 0.1) is 5.92 Å². The number of amides is 1. The molecule has 7 nitrogen and oxygen atoms in total. The lowest BCUT2D eigenvalue weighted by atomic mass is 9.85. The van der Waals surface area contributed by atoms with Crippen molar-refractivity contribution in [3.05, 3.63) is 47.5 Å². The number of aromatic nitrogens is 1. The number of carbonyl (C=O) groups is 1. The number of anilines is 2. The lowest BCUT2D eigenvalue weighted by molar-refractivity contribution is 0.00337. The number of hydrogen-bond donors (Lipinski definition) is 2. The first-order chi connectivity index (χ1) is 13.9. The van der Waals surface area contributed by atoms with Crippen LogP contribution in [-0.4, -0.2) is 41.3 Å². The van der Waals surface area contributed by atoms with Crippen LogP contribution in [0.2, 0.25) is 0 Å². The highest BCUT2D eigenvalue weighted by atomic mass is 16.5. The van der Waals surface area contributed by atoms with Crippen LogP contribution >= 0.6 is 0 Å². The molecule has 1 amide bonds. The smallest absolute Gasteiger partial charge is 0.298 e. The number of nitrogens with zero attached hydrogens (tertiary/aromatic N) is 2. The molecule has 0 atom stereocenters. The fourth-order valence-corrected chi connectivity index (χ4v) is 3.74. The van der Waals surface area contributed by atoms with E-state index in [1.807, 2.05) is 43.0 Å². The van der Waals surface area contributed by atoms with Gasteiger partial charge in [0.15, 0.2) is 5.58 Å². The van der Waals surface area contributed by atoms with Crippen molar-refractivity contribution in [3.8, 4) is 5.75 Å². The Labute approximate surface area is 168 Å². The molecule has 0 spiro atoms. The van der Waals surface area contributed by atoms with Gasteiger partial charge in [-0.15, -0.1) is 0 Å². The molecule has 1 aromatic heterocycles. The second-order valence-electron chi connectivity index (χ2n) is 8.31. The van der Waals surface area contributed by atoms with Crippen LogP contribution < -0.4 is 15.0 Å². The number of aliphatic hydroxyl groups is 1. The summed E-state index contributed by atoms with van der Waals surface area (Å²) in [6.45, 7) is 5.73. The molecule has 1 saturated heterocycles. The van der Waals surface area contributed by atoms with Crippen LogP contribution in [0.15, 0.2) is 40.8 Å². The van der Waals surface area contributed by atoms with Gasteiger partial charge in [-0.05, 0) is 55.8 Å². The van der Waals surface area contributed by atoms with Gasteiger partial charge in [0.25, 0.3) is 11.9 Å². The first kappa shape index (κ1) is 18.0. The minimum absolute atomic E-state index is 0.168. The van der Waals surface area contributed by atoms with Gasteiger partial charge in [0.05, 0.1) is 12.2 Å². The largest absolute Gasteiger partial charge is 0.493 e. The van der Waals surface area contributed by atoms with Gasteiger partial charge in [-0.25, -0.2) is 0 Å². The third-order valence-corrected chi connectivity index (χ3v) is 5.74. The van der Waals surface area contributed by atoms with Gasteiger partial charge in [-0.3, -0.25) is 4.79 Å². The quantitative estimate of drug-likeness (QED) is 0.708. The summed E-state index contributed by atoms with van der Waals surface area (Å²) < 4.78 is 11.3. The fourth-order valence-electron chi connectivity index (χ4n) is 3.74. The number of nitrogens with one attached hydrogen (secondary N) is 1. The third kappa shape index (κ3) is 3.31. The van der Waals surface area contributed by atoms with Crippen LogP contribution in [0.4, 0.5) is 11.7 Å². The van der Waals surface area contributed by atoms with Crippen molar-refractivity contribution in [1.29, 1.82) is 0 Å². The Morgan fingerprint density at radius 2 is 2.07 bits per heavy atom. The Morgan fingerprint density at radius 3 is 2.86 bits per heavy atom. The standard InChI is InChI=1S/C22H23N3O4/c1-22(2,27)15-11-25(12-15)21-24-17-10-16(4-6-19(17)29-21)23-20(26)14-3-5-18-13(9-14)7-8-28-18/h3-6,9-10,15,27H,7-8,11-12H2,1-2H3,(H,23,26). The van der Waals surface area contributed by atoms with E-state index in [2.05, 4.69) is 10.3 Å². The van der Waals surface area contributed by atoms with E-state index in [0.717, 1.165) is 17.7 Å². The van der Waals surface area contributed by atoms with Gasteiger partial charge in [0.2, 0.25) is 0 Å². The van der Waals surface area contributed by atoms with Crippen LogP contribution in [0.3, 0.4) is 0 Å². The average molecular weight is 393 g/mol. The van der Waals surface area contributed by atoms with E-state index in [0.29, 0.717) is 48.1 Å². The van der Waals surface area contributed by atoms with Crippen molar-refractivity contribution in [2.45, 2.75) is 25.9 Å². The third-order valence-electron chi connectivity index (χ3n) is 5.74. The number of rotatable bonds is 4. The van der Waals surface area contributed by atoms with Crippen LogP contribution in [0.25, 0.3) is 11.1 Å². The minimum atomic E-state index is -0.705. The molecule has 2 N–H and O–H groups in total. The molecule has 0 radical (unpaired) electrons. The fraction of sp³-hybridized carbons (Fsp3) is 0.364. The number of fused-ring (bicyclic) bond motifs is 2. The summed E-state index contributed by atoms with van der Waals surface area (Å²) in [6.07, 6.45) is 0.828. The molecule has 0 saturated carbocycles. The number of carbonyl (C=O) groups excluding carboxylic acids is 1. The Bertz CT molecular complexity index is 1090. The predicted molar refractivity (Wildman–Crippen MR) is 110 cm³/mol. The number of oxazole rings is 1. The van der Waals surface area contributed by atoms with Gasteiger partial charge in [-0.1, -0.05) is 0 Å². The molecule has 7 heteroatoms. The monoisotopic (exact) mass is 393 g/mol. The summed E-state index contributed by atoms with van der Waals surface area (Å²) in [5.74, 6) is 0.888. The molecule has 2 aliphatic rings. The van der Waals surface area contributed by atoms with E-state index >= 15 is 0 Å². The Balaban J connectivity index is 1.31. The maximum Gasteiger partial charge on any atom is 0.298 e. The van der Waals surface area contributed by atoms with E-state index in [1.165, 1.54) is 0 Å². The van der Waals surface area contributed by atoms with E-state index in [-0.39, 0.29) is 11.8 Å². The van der Waals surface area contributed by atoms with Crippen molar-refractivity contribution >= 4 is 28.7 Å². The van der Waals surface area contributed by atoms with Crippen molar-refractivity contribution in [2.75, 3.05) is 29.9 Å².